The van der Waals surface area contributed by atoms with Crippen LogP contribution in [0, 0.1) is 0 Å². The highest BCUT2D eigenvalue weighted by atomic mass is 32.2. The fourth-order valence-corrected chi connectivity index (χ4v) is 3.09. The number of hydrogen-bond acceptors (Lipinski definition) is 4. The molecule has 136 valence electrons. The van der Waals surface area contributed by atoms with Gasteiger partial charge in [-0.15, -0.1) is 0 Å². The van der Waals surface area contributed by atoms with Gasteiger partial charge in [-0.3, -0.25) is 4.99 Å². The normalized spacial score (nSPS) is 17.7. The predicted molar refractivity (Wildman–Crippen MR) is 94.3 cm³/mol. The van der Waals surface area contributed by atoms with E-state index in [1.54, 1.807) is 7.05 Å². The summed E-state index contributed by atoms with van der Waals surface area (Å²) in [7, 11) is -1.38. The SMILES string of the molecule is CN=C(NCCCNS(C)(=O)=O)NCCOC1CCCCCC1. The molecule has 1 fully saturated rings. The van der Waals surface area contributed by atoms with Crippen molar-refractivity contribution in [3.05, 3.63) is 0 Å². The first-order valence-electron chi connectivity index (χ1n) is 8.52. The van der Waals surface area contributed by atoms with Gasteiger partial charge in [0.2, 0.25) is 10.0 Å². The highest BCUT2D eigenvalue weighted by Crippen LogP contribution is 2.19. The van der Waals surface area contributed by atoms with E-state index in [-0.39, 0.29) is 0 Å². The molecule has 0 radical (unpaired) electrons. The van der Waals surface area contributed by atoms with Gasteiger partial charge in [0.15, 0.2) is 5.96 Å². The predicted octanol–water partition coefficient (Wildman–Crippen LogP) is 0.830. The number of sulfonamides is 1. The summed E-state index contributed by atoms with van der Waals surface area (Å²) in [5.74, 6) is 0.717. The zero-order chi connectivity index (χ0) is 17.0. The molecule has 23 heavy (non-hydrogen) atoms. The fraction of sp³-hybridized carbons (Fsp3) is 0.933. The van der Waals surface area contributed by atoms with Gasteiger partial charge >= 0.3 is 0 Å². The van der Waals surface area contributed by atoms with Gasteiger partial charge < -0.3 is 15.4 Å². The summed E-state index contributed by atoms with van der Waals surface area (Å²) in [6, 6.07) is 0. The summed E-state index contributed by atoms with van der Waals surface area (Å²) < 4.78 is 30.2. The Morgan fingerprint density at radius 2 is 1.74 bits per heavy atom. The van der Waals surface area contributed by atoms with E-state index in [1.807, 2.05) is 0 Å². The maximum Gasteiger partial charge on any atom is 0.208 e. The molecule has 0 aromatic carbocycles. The Hall–Kier alpha value is -0.860. The second-order valence-corrected chi connectivity index (χ2v) is 7.76. The number of guanidine groups is 1. The molecule has 1 rings (SSSR count). The Bertz CT molecular complexity index is 432. The zero-order valence-corrected chi connectivity index (χ0v) is 15.3. The molecule has 7 nitrogen and oxygen atoms in total. The van der Waals surface area contributed by atoms with Gasteiger partial charge in [0.25, 0.3) is 0 Å². The van der Waals surface area contributed by atoms with E-state index in [0.717, 1.165) is 12.8 Å². The van der Waals surface area contributed by atoms with Crippen LogP contribution in [-0.2, 0) is 14.8 Å². The molecular weight excluding hydrogens is 316 g/mol. The Balaban J connectivity index is 2.05. The van der Waals surface area contributed by atoms with Crippen molar-refractivity contribution in [3.8, 4) is 0 Å². The molecule has 0 aromatic rings. The topological polar surface area (TPSA) is 91.8 Å². The van der Waals surface area contributed by atoms with Crippen LogP contribution in [0.3, 0.4) is 0 Å². The lowest BCUT2D eigenvalue weighted by atomic mass is 10.1. The summed E-state index contributed by atoms with van der Waals surface area (Å²) in [5.41, 5.74) is 0. The monoisotopic (exact) mass is 348 g/mol. The van der Waals surface area contributed by atoms with Gasteiger partial charge in [0, 0.05) is 26.7 Å². The van der Waals surface area contributed by atoms with Crippen molar-refractivity contribution in [2.45, 2.75) is 51.0 Å². The molecule has 1 saturated carbocycles. The summed E-state index contributed by atoms with van der Waals surface area (Å²) in [6.45, 7) is 2.48. The third-order valence-corrected chi connectivity index (χ3v) is 4.51. The fourth-order valence-electron chi connectivity index (χ4n) is 2.58. The van der Waals surface area contributed by atoms with Gasteiger partial charge in [-0.2, -0.15) is 0 Å². The van der Waals surface area contributed by atoms with Crippen LogP contribution in [0.25, 0.3) is 0 Å². The third kappa shape index (κ3) is 11.3. The molecule has 0 aliphatic heterocycles. The molecule has 1 aliphatic rings. The van der Waals surface area contributed by atoms with Gasteiger partial charge in [-0.25, -0.2) is 13.1 Å². The number of aliphatic imine (C=N–C) groups is 1. The van der Waals surface area contributed by atoms with Crippen LogP contribution in [0.2, 0.25) is 0 Å². The van der Waals surface area contributed by atoms with Crippen LogP contribution >= 0.6 is 0 Å². The van der Waals surface area contributed by atoms with Crippen LogP contribution < -0.4 is 15.4 Å². The summed E-state index contributed by atoms with van der Waals surface area (Å²) in [5, 5.41) is 6.36. The van der Waals surface area contributed by atoms with E-state index >= 15 is 0 Å². The first kappa shape index (κ1) is 20.2. The maximum absolute atomic E-state index is 10.9. The van der Waals surface area contributed by atoms with E-state index in [2.05, 4.69) is 20.3 Å². The Morgan fingerprint density at radius 3 is 2.35 bits per heavy atom. The van der Waals surface area contributed by atoms with Gasteiger partial charge in [-0.1, -0.05) is 25.7 Å². The lowest BCUT2D eigenvalue weighted by Gasteiger charge is -2.16. The average Bonchev–Trinajstić information content (AvgIpc) is 2.76. The lowest BCUT2D eigenvalue weighted by molar-refractivity contribution is 0.0468. The van der Waals surface area contributed by atoms with E-state index in [9.17, 15) is 8.42 Å². The average molecular weight is 349 g/mol. The second-order valence-electron chi connectivity index (χ2n) is 5.93. The Kier molecular flexibility index (Phi) is 10.2. The van der Waals surface area contributed by atoms with E-state index in [1.165, 1.54) is 38.5 Å². The van der Waals surface area contributed by atoms with Crippen LogP contribution in [0.5, 0.6) is 0 Å². The number of ether oxygens (including phenoxy) is 1. The van der Waals surface area contributed by atoms with Crippen molar-refractivity contribution >= 4 is 16.0 Å². The van der Waals surface area contributed by atoms with Crippen molar-refractivity contribution in [3.63, 3.8) is 0 Å². The van der Waals surface area contributed by atoms with Crippen molar-refractivity contribution < 1.29 is 13.2 Å². The summed E-state index contributed by atoms with van der Waals surface area (Å²) in [6.07, 6.45) is 9.87. The molecule has 1 aliphatic carbocycles. The van der Waals surface area contributed by atoms with Crippen molar-refractivity contribution in [1.29, 1.82) is 0 Å². The molecule has 0 atom stereocenters. The van der Waals surface area contributed by atoms with Gasteiger partial charge in [0.05, 0.1) is 19.0 Å². The minimum absolute atomic E-state index is 0.413. The molecule has 0 spiro atoms. The standard InChI is InChI=1S/C15H32N4O3S/c1-16-15(17-10-7-11-19-23(2,20)21)18-12-13-22-14-8-5-3-4-6-9-14/h14,19H,3-13H2,1-2H3,(H2,16,17,18). The molecular formula is C15H32N4O3S. The Labute approximate surface area is 140 Å². The maximum atomic E-state index is 10.9. The molecule has 0 aromatic heterocycles. The number of nitrogens with zero attached hydrogens (tertiary/aromatic N) is 1. The van der Waals surface area contributed by atoms with Crippen molar-refractivity contribution in [2.24, 2.45) is 4.99 Å². The molecule has 3 N–H and O–H groups in total. The molecule has 0 heterocycles. The van der Waals surface area contributed by atoms with Crippen LogP contribution in [0.4, 0.5) is 0 Å². The number of nitrogens with one attached hydrogen (secondary N) is 3. The largest absolute Gasteiger partial charge is 0.376 e. The first-order valence-corrected chi connectivity index (χ1v) is 10.4. The smallest absolute Gasteiger partial charge is 0.208 e. The minimum atomic E-state index is -3.10. The minimum Gasteiger partial charge on any atom is -0.376 e. The highest BCUT2D eigenvalue weighted by molar-refractivity contribution is 7.88. The van der Waals surface area contributed by atoms with E-state index in [4.69, 9.17) is 4.74 Å². The quantitative estimate of drug-likeness (QED) is 0.248. The molecule has 8 heteroatoms. The van der Waals surface area contributed by atoms with Gasteiger partial charge in [-0.05, 0) is 19.3 Å². The van der Waals surface area contributed by atoms with Crippen LogP contribution in [0.15, 0.2) is 4.99 Å². The molecule has 0 unspecified atom stereocenters. The Morgan fingerprint density at radius 1 is 1.09 bits per heavy atom. The van der Waals surface area contributed by atoms with E-state index in [0.29, 0.717) is 38.2 Å². The number of rotatable bonds is 9. The van der Waals surface area contributed by atoms with Crippen LogP contribution in [-0.4, -0.2) is 60.0 Å². The van der Waals surface area contributed by atoms with E-state index < -0.39 is 10.0 Å². The molecule has 0 bridgehead atoms. The van der Waals surface area contributed by atoms with Crippen molar-refractivity contribution in [2.75, 3.05) is 39.5 Å². The zero-order valence-electron chi connectivity index (χ0n) is 14.4. The lowest BCUT2D eigenvalue weighted by Crippen LogP contribution is -2.40. The summed E-state index contributed by atoms with van der Waals surface area (Å²) in [4.78, 5) is 4.13. The highest BCUT2D eigenvalue weighted by Gasteiger charge is 2.12. The molecule has 0 amide bonds. The number of hydrogen-bond donors (Lipinski definition) is 3. The van der Waals surface area contributed by atoms with Crippen molar-refractivity contribution in [1.82, 2.24) is 15.4 Å². The molecule has 0 saturated heterocycles. The second kappa shape index (κ2) is 11.6. The third-order valence-electron chi connectivity index (χ3n) is 3.78. The first-order chi connectivity index (χ1) is 11.0. The summed E-state index contributed by atoms with van der Waals surface area (Å²) >= 11 is 0. The van der Waals surface area contributed by atoms with Crippen LogP contribution in [0.1, 0.15) is 44.9 Å². The van der Waals surface area contributed by atoms with Gasteiger partial charge in [0.1, 0.15) is 0 Å².